The number of unbranched alkanes of at least 4 members (excludes halogenated alkanes) is 9. The van der Waals surface area contributed by atoms with E-state index in [0.717, 1.165) is 64.2 Å². The Hall–Kier alpha value is -3.63. The smallest absolute Gasteiger partial charge is 0.194 e. The minimum Gasteiger partial charge on any atom is -0.490 e. The van der Waals surface area contributed by atoms with Crippen molar-refractivity contribution >= 4 is 0 Å². The molecule has 3 aromatic carbocycles. The first-order valence-electron chi connectivity index (χ1n) is 19.5. The Kier molecular flexibility index (Phi) is 21.9. The molecule has 0 saturated carbocycles. The first-order chi connectivity index (χ1) is 25.9. The summed E-state index contributed by atoms with van der Waals surface area (Å²) < 4.78 is 110. The lowest BCUT2D eigenvalue weighted by Crippen LogP contribution is -2.16. The Labute approximate surface area is 317 Å². The SMILES string of the molecule is CCCCCC[C@@H](C)Oc1cc(O[C@@H](C)CCCCCC)c(-c2cc(F)c(CF)c(F)c2)c(O[C@@H](C)CCCCCC)c1.FOc1cc(F)c(F)c(F)c1. The summed E-state index contributed by atoms with van der Waals surface area (Å²) in [6.07, 6.45) is 16.0. The third-order valence-corrected chi connectivity index (χ3v) is 9.04. The number of rotatable bonds is 24. The fraction of sp³-hybridized carbons (Fsp3) is 0.581. The van der Waals surface area contributed by atoms with Crippen LogP contribution in [0.25, 0.3) is 11.1 Å². The second-order valence-electron chi connectivity index (χ2n) is 14.0. The molecular formula is C43H59F7O4. The predicted octanol–water partition coefficient (Wildman–Crippen LogP) is 14.7. The van der Waals surface area contributed by atoms with Gasteiger partial charge in [-0.1, -0.05) is 78.6 Å². The van der Waals surface area contributed by atoms with E-state index in [1.54, 1.807) is 0 Å². The fourth-order valence-electron chi connectivity index (χ4n) is 5.97. The molecule has 4 nitrogen and oxygen atoms in total. The maximum absolute atomic E-state index is 14.9. The van der Waals surface area contributed by atoms with Gasteiger partial charge in [-0.2, -0.15) is 0 Å². The lowest BCUT2D eigenvalue weighted by atomic mass is 10.00. The fourth-order valence-corrected chi connectivity index (χ4v) is 5.97. The molecule has 0 aliphatic carbocycles. The van der Waals surface area contributed by atoms with Crippen molar-refractivity contribution in [2.75, 3.05) is 0 Å². The molecule has 0 bridgehead atoms. The van der Waals surface area contributed by atoms with Gasteiger partial charge in [-0.3, -0.25) is 4.94 Å². The molecule has 304 valence electrons. The molecule has 54 heavy (non-hydrogen) atoms. The first-order valence-corrected chi connectivity index (χ1v) is 19.5. The van der Waals surface area contributed by atoms with Crippen molar-refractivity contribution in [3.63, 3.8) is 0 Å². The topological polar surface area (TPSA) is 36.9 Å². The van der Waals surface area contributed by atoms with Crippen LogP contribution in [0.15, 0.2) is 36.4 Å². The van der Waals surface area contributed by atoms with Gasteiger partial charge in [0, 0.05) is 28.8 Å². The molecule has 3 rings (SSSR count). The summed E-state index contributed by atoms with van der Waals surface area (Å²) in [5.74, 6) is -5.65. The molecule has 0 spiro atoms. The summed E-state index contributed by atoms with van der Waals surface area (Å²) in [4.78, 5) is 2.98. The van der Waals surface area contributed by atoms with Gasteiger partial charge >= 0.3 is 0 Å². The van der Waals surface area contributed by atoms with Crippen LogP contribution in [-0.2, 0) is 6.67 Å². The zero-order valence-corrected chi connectivity index (χ0v) is 32.8. The molecule has 0 unspecified atom stereocenters. The standard InChI is InChI=1S/C37H57F3O3.C6H2F4O/c1-7-10-13-16-19-27(4)41-31-24-35(42-28(5)20-17-14-11-8-2)37(30-22-33(39)32(26-38)34(40)23-30)36(25-31)43-29(6)21-18-15-12-9-3;7-4-1-3(11-10)2-5(8)6(4)9/h22-25,27-29H,7-21,26H2,1-6H3;1-2H/t27-,28+,29+;/m1./s1. The highest BCUT2D eigenvalue weighted by molar-refractivity contribution is 5.78. The van der Waals surface area contributed by atoms with E-state index in [9.17, 15) is 30.9 Å². The molecule has 0 heterocycles. The minimum atomic E-state index is -1.65. The summed E-state index contributed by atoms with van der Waals surface area (Å²) in [5.41, 5.74) is 0.152. The van der Waals surface area contributed by atoms with E-state index in [2.05, 4.69) is 32.6 Å². The Morgan fingerprint density at radius 2 is 0.907 bits per heavy atom. The highest BCUT2D eigenvalue weighted by atomic mass is 19.3. The van der Waals surface area contributed by atoms with Crippen LogP contribution in [0, 0.1) is 29.1 Å². The number of ether oxygens (including phenoxy) is 3. The molecule has 0 aliphatic heterocycles. The highest BCUT2D eigenvalue weighted by Gasteiger charge is 2.23. The molecular weight excluding hydrogens is 713 g/mol. The van der Waals surface area contributed by atoms with Gasteiger partial charge < -0.3 is 14.2 Å². The minimum absolute atomic E-state index is 0.0138. The Balaban J connectivity index is 0.000000780. The summed E-state index contributed by atoms with van der Waals surface area (Å²) in [5, 5.41) is 0. The second kappa shape index (κ2) is 25.4. The third kappa shape index (κ3) is 16.0. The summed E-state index contributed by atoms with van der Waals surface area (Å²) in [7, 11) is 0. The van der Waals surface area contributed by atoms with Crippen molar-refractivity contribution in [2.45, 2.75) is 163 Å². The molecule has 0 fully saturated rings. The molecule has 0 aliphatic rings. The highest BCUT2D eigenvalue weighted by Crippen LogP contribution is 2.44. The van der Waals surface area contributed by atoms with E-state index in [1.807, 2.05) is 26.0 Å². The molecule has 3 atom stereocenters. The second-order valence-corrected chi connectivity index (χ2v) is 14.0. The van der Waals surface area contributed by atoms with Gasteiger partial charge in [0.25, 0.3) is 0 Å². The van der Waals surface area contributed by atoms with Crippen LogP contribution < -0.4 is 19.2 Å². The van der Waals surface area contributed by atoms with Crippen LogP contribution in [0.4, 0.5) is 30.9 Å². The van der Waals surface area contributed by atoms with E-state index < -0.39 is 47.1 Å². The molecule has 0 radical (unpaired) electrons. The molecule has 11 heteroatoms. The van der Waals surface area contributed by atoms with Gasteiger partial charge in [0.2, 0.25) is 0 Å². The summed E-state index contributed by atoms with van der Waals surface area (Å²) >= 11 is 0. The molecule has 3 aromatic rings. The average molecular weight is 773 g/mol. The van der Waals surface area contributed by atoms with Crippen molar-refractivity contribution in [2.24, 2.45) is 0 Å². The number of hydrogen-bond acceptors (Lipinski definition) is 4. The predicted molar refractivity (Wildman–Crippen MR) is 201 cm³/mol. The Morgan fingerprint density at radius 3 is 1.28 bits per heavy atom. The lowest BCUT2D eigenvalue weighted by Gasteiger charge is -2.25. The summed E-state index contributed by atoms with van der Waals surface area (Å²) in [6, 6.07) is 6.80. The number of halogens is 7. The van der Waals surface area contributed by atoms with Crippen molar-refractivity contribution < 1.29 is 50.0 Å². The molecule has 0 amide bonds. The van der Waals surface area contributed by atoms with Gasteiger partial charge in [0.05, 0.1) is 29.4 Å². The molecule has 0 aromatic heterocycles. The van der Waals surface area contributed by atoms with Crippen LogP contribution in [-0.4, -0.2) is 18.3 Å². The average Bonchev–Trinajstić information content (AvgIpc) is 3.12. The van der Waals surface area contributed by atoms with Gasteiger partial charge in [-0.15, -0.1) is 0 Å². The van der Waals surface area contributed by atoms with E-state index in [4.69, 9.17) is 14.2 Å². The number of hydrogen-bond donors (Lipinski definition) is 0. The van der Waals surface area contributed by atoms with Crippen LogP contribution in [0.5, 0.6) is 23.0 Å². The van der Waals surface area contributed by atoms with E-state index in [0.29, 0.717) is 34.9 Å². The Morgan fingerprint density at radius 1 is 0.500 bits per heavy atom. The largest absolute Gasteiger partial charge is 0.490 e. The molecule has 0 saturated heterocycles. The zero-order chi connectivity index (χ0) is 40.0. The van der Waals surface area contributed by atoms with Gasteiger partial charge in [-0.25, -0.2) is 26.3 Å². The lowest BCUT2D eigenvalue weighted by molar-refractivity contribution is -0.00711. The maximum atomic E-state index is 14.9. The van der Waals surface area contributed by atoms with Crippen molar-refractivity contribution in [3.05, 3.63) is 71.0 Å². The zero-order valence-electron chi connectivity index (χ0n) is 32.8. The van der Waals surface area contributed by atoms with Gasteiger partial charge in [0.15, 0.2) is 23.2 Å². The normalized spacial score (nSPS) is 12.8. The third-order valence-electron chi connectivity index (χ3n) is 9.04. The van der Waals surface area contributed by atoms with Gasteiger partial charge in [0.1, 0.15) is 35.6 Å². The van der Waals surface area contributed by atoms with Crippen molar-refractivity contribution in [1.82, 2.24) is 0 Å². The number of alkyl halides is 1. The number of benzene rings is 3. The van der Waals surface area contributed by atoms with Crippen molar-refractivity contribution in [1.29, 1.82) is 0 Å². The van der Waals surface area contributed by atoms with Crippen LogP contribution in [0.3, 0.4) is 0 Å². The first kappa shape index (κ1) is 46.5. The van der Waals surface area contributed by atoms with Gasteiger partial charge in [-0.05, 0) is 77.0 Å². The van der Waals surface area contributed by atoms with Crippen molar-refractivity contribution in [3.8, 4) is 34.1 Å². The Bertz CT molecular complexity index is 1430. The van der Waals surface area contributed by atoms with E-state index in [-0.39, 0.29) is 23.9 Å². The maximum Gasteiger partial charge on any atom is 0.194 e. The quantitative estimate of drug-likeness (QED) is 0.0516. The monoisotopic (exact) mass is 772 g/mol. The molecule has 0 N–H and O–H groups in total. The summed E-state index contributed by atoms with van der Waals surface area (Å²) in [6.45, 7) is 11.4. The van der Waals surface area contributed by atoms with E-state index in [1.165, 1.54) is 44.2 Å². The van der Waals surface area contributed by atoms with Crippen LogP contribution in [0.1, 0.15) is 143 Å². The van der Waals surface area contributed by atoms with Crippen LogP contribution >= 0.6 is 0 Å². The van der Waals surface area contributed by atoms with Crippen LogP contribution in [0.2, 0.25) is 0 Å². The van der Waals surface area contributed by atoms with E-state index >= 15 is 0 Å².